The van der Waals surface area contributed by atoms with E-state index in [-0.39, 0.29) is 12.0 Å². The second kappa shape index (κ2) is 6.74. The minimum Gasteiger partial charge on any atom is -0.480 e. The molecule has 112 valence electrons. The van der Waals surface area contributed by atoms with Gasteiger partial charge in [-0.3, -0.25) is 9.69 Å². The molecular formula is C14H18F3NO2. The van der Waals surface area contributed by atoms with E-state index in [0.717, 1.165) is 6.07 Å². The van der Waals surface area contributed by atoms with Crippen molar-refractivity contribution in [3.63, 3.8) is 0 Å². The fourth-order valence-corrected chi connectivity index (χ4v) is 2.22. The Hall–Kier alpha value is -1.56. The molecule has 0 aromatic heterocycles. The molecule has 0 aliphatic heterocycles. The fraction of sp³-hybridized carbons (Fsp3) is 0.500. The maximum absolute atomic E-state index is 12.9. The van der Waals surface area contributed by atoms with Crippen molar-refractivity contribution in [2.24, 2.45) is 0 Å². The van der Waals surface area contributed by atoms with Crippen LogP contribution in [-0.2, 0) is 17.4 Å². The van der Waals surface area contributed by atoms with E-state index < -0.39 is 23.8 Å². The Morgan fingerprint density at radius 2 is 1.80 bits per heavy atom. The fourth-order valence-electron chi connectivity index (χ4n) is 2.22. The van der Waals surface area contributed by atoms with Crippen LogP contribution < -0.4 is 0 Å². The second-order valence-electron chi connectivity index (χ2n) is 4.43. The zero-order valence-electron chi connectivity index (χ0n) is 11.4. The van der Waals surface area contributed by atoms with Gasteiger partial charge in [0, 0.05) is 0 Å². The third-order valence-corrected chi connectivity index (χ3v) is 3.27. The molecule has 0 bridgehead atoms. The Balaban J connectivity index is 3.09. The van der Waals surface area contributed by atoms with Gasteiger partial charge in [0.25, 0.3) is 0 Å². The first kappa shape index (κ1) is 16.5. The van der Waals surface area contributed by atoms with Crippen molar-refractivity contribution in [3.8, 4) is 0 Å². The Labute approximate surface area is 116 Å². The molecule has 0 saturated heterocycles. The zero-order valence-corrected chi connectivity index (χ0v) is 11.4. The molecule has 0 aliphatic carbocycles. The van der Waals surface area contributed by atoms with Crippen LogP contribution in [0.3, 0.4) is 0 Å². The van der Waals surface area contributed by atoms with Gasteiger partial charge in [-0.25, -0.2) is 0 Å². The number of carboxylic acids is 1. The van der Waals surface area contributed by atoms with Gasteiger partial charge in [-0.05, 0) is 31.1 Å². The number of benzene rings is 1. The van der Waals surface area contributed by atoms with Crippen LogP contribution in [0.25, 0.3) is 0 Å². The molecule has 0 heterocycles. The van der Waals surface area contributed by atoms with Crippen LogP contribution in [0, 0.1) is 0 Å². The number of aliphatic carboxylic acids is 1. The number of likely N-dealkylation sites (N-methyl/N-ethyl adjacent to an activating group) is 1. The smallest absolute Gasteiger partial charge is 0.416 e. The molecule has 0 aliphatic rings. The first-order valence-electron chi connectivity index (χ1n) is 6.43. The van der Waals surface area contributed by atoms with E-state index in [1.807, 2.05) is 0 Å². The van der Waals surface area contributed by atoms with Gasteiger partial charge in [0.2, 0.25) is 0 Å². The minimum absolute atomic E-state index is 0.0132. The lowest BCUT2D eigenvalue weighted by Crippen LogP contribution is -2.42. The van der Waals surface area contributed by atoms with Gasteiger partial charge in [-0.1, -0.05) is 32.0 Å². The van der Waals surface area contributed by atoms with Crippen LogP contribution >= 0.6 is 0 Å². The van der Waals surface area contributed by atoms with Gasteiger partial charge in [0.1, 0.15) is 6.04 Å². The summed E-state index contributed by atoms with van der Waals surface area (Å²) in [6.07, 6.45) is -4.63. The van der Waals surface area contributed by atoms with Crippen molar-refractivity contribution in [2.75, 3.05) is 13.1 Å². The van der Waals surface area contributed by atoms with Crippen LogP contribution in [0.4, 0.5) is 13.2 Å². The highest BCUT2D eigenvalue weighted by atomic mass is 19.4. The van der Waals surface area contributed by atoms with Crippen LogP contribution in [0.2, 0.25) is 0 Å². The highest BCUT2D eigenvalue weighted by molar-refractivity contribution is 5.74. The van der Waals surface area contributed by atoms with Crippen molar-refractivity contribution >= 4 is 5.97 Å². The number of hydrogen-bond acceptors (Lipinski definition) is 2. The maximum atomic E-state index is 12.9. The summed E-state index contributed by atoms with van der Waals surface area (Å²) in [5.74, 6) is -1.11. The summed E-state index contributed by atoms with van der Waals surface area (Å²) in [4.78, 5) is 12.9. The third kappa shape index (κ3) is 3.96. The number of halogens is 3. The van der Waals surface area contributed by atoms with Crippen molar-refractivity contribution in [1.82, 2.24) is 4.90 Å². The Morgan fingerprint density at radius 3 is 2.25 bits per heavy atom. The first-order chi connectivity index (χ1) is 9.31. The summed E-state index contributed by atoms with van der Waals surface area (Å²) in [6, 6.07) is 4.16. The van der Waals surface area contributed by atoms with Crippen LogP contribution in [0.1, 0.15) is 25.0 Å². The SMILES string of the molecule is CCN(CC)C(Cc1ccccc1C(F)(F)F)C(=O)O. The average molecular weight is 289 g/mol. The summed E-state index contributed by atoms with van der Waals surface area (Å²) >= 11 is 0. The second-order valence-corrected chi connectivity index (χ2v) is 4.43. The average Bonchev–Trinajstić information content (AvgIpc) is 2.38. The van der Waals surface area contributed by atoms with Crippen LogP contribution in [0.5, 0.6) is 0 Å². The van der Waals surface area contributed by atoms with Gasteiger partial charge >= 0.3 is 12.1 Å². The van der Waals surface area contributed by atoms with Gasteiger partial charge in [-0.15, -0.1) is 0 Å². The molecule has 0 spiro atoms. The highest BCUT2D eigenvalue weighted by Crippen LogP contribution is 2.32. The van der Waals surface area contributed by atoms with Gasteiger partial charge in [-0.2, -0.15) is 13.2 Å². The van der Waals surface area contributed by atoms with E-state index in [1.165, 1.54) is 18.2 Å². The summed E-state index contributed by atoms with van der Waals surface area (Å²) in [5.41, 5.74) is -0.752. The predicted octanol–water partition coefficient (Wildman–Crippen LogP) is 3.04. The normalized spacial score (nSPS) is 13.5. The number of carboxylic acid groups (broad SMARTS) is 1. The molecule has 1 aromatic rings. The van der Waals surface area contributed by atoms with E-state index in [2.05, 4.69) is 0 Å². The van der Waals surface area contributed by atoms with E-state index in [1.54, 1.807) is 18.7 Å². The Bertz CT molecular complexity index is 456. The van der Waals surface area contributed by atoms with E-state index >= 15 is 0 Å². The molecule has 1 rings (SSSR count). The topological polar surface area (TPSA) is 40.5 Å². The maximum Gasteiger partial charge on any atom is 0.416 e. The summed E-state index contributed by atoms with van der Waals surface area (Å²) in [7, 11) is 0. The molecule has 0 fully saturated rings. The van der Waals surface area contributed by atoms with Crippen molar-refractivity contribution < 1.29 is 23.1 Å². The van der Waals surface area contributed by atoms with Crippen LogP contribution in [-0.4, -0.2) is 35.1 Å². The molecule has 6 heteroatoms. The lowest BCUT2D eigenvalue weighted by atomic mass is 9.99. The molecule has 0 radical (unpaired) electrons. The molecule has 1 atom stereocenters. The number of rotatable bonds is 6. The molecule has 1 unspecified atom stereocenters. The zero-order chi connectivity index (χ0) is 15.3. The Kier molecular flexibility index (Phi) is 5.56. The number of hydrogen-bond donors (Lipinski definition) is 1. The Morgan fingerprint density at radius 1 is 1.25 bits per heavy atom. The standard InChI is InChI=1S/C14H18F3NO2/c1-3-18(4-2)12(13(19)20)9-10-7-5-6-8-11(10)14(15,16)17/h5-8,12H,3-4,9H2,1-2H3,(H,19,20). The lowest BCUT2D eigenvalue weighted by Gasteiger charge is -2.27. The molecule has 0 saturated carbocycles. The van der Waals surface area contributed by atoms with Crippen molar-refractivity contribution in [3.05, 3.63) is 35.4 Å². The van der Waals surface area contributed by atoms with Gasteiger partial charge in [0.15, 0.2) is 0 Å². The molecular weight excluding hydrogens is 271 g/mol. The minimum atomic E-state index is -4.47. The number of carbonyl (C=O) groups is 1. The largest absolute Gasteiger partial charge is 0.480 e. The molecule has 1 N–H and O–H groups in total. The molecule has 1 aromatic carbocycles. The van der Waals surface area contributed by atoms with Gasteiger partial charge in [0.05, 0.1) is 5.56 Å². The molecule has 3 nitrogen and oxygen atoms in total. The van der Waals surface area contributed by atoms with E-state index in [9.17, 15) is 23.1 Å². The molecule has 0 amide bonds. The van der Waals surface area contributed by atoms with Crippen molar-refractivity contribution in [1.29, 1.82) is 0 Å². The summed E-state index contributed by atoms with van der Waals surface area (Å²) in [5, 5.41) is 9.24. The summed E-state index contributed by atoms with van der Waals surface area (Å²) < 4.78 is 38.7. The molecule has 20 heavy (non-hydrogen) atoms. The first-order valence-corrected chi connectivity index (χ1v) is 6.43. The van der Waals surface area contributed by atoms with Gasteiger partial charge < -0.3 is 5.11 Å². The van der Waals surface area contributed by atoms with Crippen molar-refractivity contribution in [2.45, 2.75) is 32.5 Å². The quantitative estimate of drug-likeness (QED) is 0.875. The monoisotopic (exact) mass is 289 g/mol. The third-order valence-electron chi connectivity index (χ3n) is 3.27. The van der Waals surface area contributed by atoms with Crippen LogP contribution in [0.15, 0.2) is 24.3 Å². The number of nitrogens with zero attached hydrogens (tertiary/aromatic N) is 1. The van der Waals surface area contributed by atoms with E-state index in [4.69, 9.17) is 0 Å². The predicted molar refractivity (Wildman–Crippen MR) is 69.5 cm³/mol. The summed E-state index contributed by atoms with van der Waals surface area (Å²) in [6.45, 7) is 4.52. The highest BCUT2D eigenvalue weighted by Gasteiger charge is 2.34. The lowest BCUT2D eigenvalue weighted by molar-refractivity contribution is -0.144. The van der Waals surface area contributed by atoms with E-state index in [0.29, 0.717) is 13.1 Å². The number of alkyl halides is 3.